The van der Waals surface area contributed by atoms with E-state index in [-0.39, 0.29) is 0 Å². The molecule has 1 aromatic carbocycles. The van der Waals surface area contributed by atoms with Gasteiger partial charge < -0.3 is 9.47 Å². The highest BCUT2D eigenvalue weighted by atomic mass is 79.9. The summed E-state index contributed by atoms with van der Waals surface area (Å²) in [6.45, 7) is 2.68. The third-order valence-corrected chi connectivity index (χ3v) is 4.20. The van der Waals surface area contributed by atoms with Crippen molar-refractivity contribution in [3.63, 3.8) is 0 Å². The maximum absolute atomic E-state index is 6.29. The van der Waals surface area contributed by atoms with Crippen LogP contribution in [0.15, 0.2) is 18.2 Å². The molecule has 1 saturated carbocycles. The van der Waals surface area contributed by atoms with Crippen molar-refractivity contribution in [2.24, 2.45) is 0 Å². The van der Waals surface area contributed by atoms with Crippen LogP contribution < -0.4 is 9.47 Å². The van der Waals surface area contributed by atoms with Crippen LogP contribution in [0.25, 0.3) is 0 Å². The zero-order valence-electron chi connectivity index (χ0n) is 11.7. The van der Waals surface area contributed by atoms with E-state index in [9.17, 15) is 0 Å². The first-order chi connectivity index (χ1) is 9.35. The first kappa shape index (κ1) is 14.7. The highest BCUT2D eigenvalue weighted by molar-refractivity contribution is 9.08. The molecule has 0 bridgehead atoms. The minimum Gasteiger partial charge on any atom is -0.490 e. The summed E-state index contributed by atoms with van der Waals surface area (Å²) < 4.78 is 12.0. The maximum atomic E-state index is 6.29. The number of benzene rings is 1. The van der Waals surface area contributed by atoms with Crippen molar-refractivity contribution in [3.05, 3.63) is 23.8 Å². The molecular formula is C16H23BrO2. The van der Waals surface area contributed by atoms with Gasteiger partial charge in [0.2, 0.25) is 0 Å². The fourth-order valence-corrected chi connectivity index (χ4v) is 3.04. The summed E-state index contributed by atoms with van der Waals surface area (Å²) in [6, 6.07) is 6.13. The molecule has 1 fully saturated rings. The lowest BCUT2D eigenvalue weighted by Gasteiger charge is -2.21. The number of ether oxygens (including phenoxy) is 2. The van der Waals surface area contributed by atoms with Crippen molar-refractivity contribution in [2.45, 2.75) is 56.9 Å². The summed E-state index contributed by atoms with van der Waals surface area (Å²) in [5.41, 5.74) is 1.18. The molecule has 0 unspecified atom stereocenters. The summed E-state index contributed by atoms with van der Waals surface area (Å²) >= 11 is 3.54. The zero-order chi connectivity index (χ0) is 13.5. The summed E-state index contributed by atoms with van der Waals surface area (Å²) in [6.07, 6.45) is 7.94. The van der Waals surface area contributed by atoms with Crippen molar-refractivity contribution < 1.29 is 9.47 Å². The van der Waals surface area contributed by atoms with Gasteiger partial charge in [-0.1, -0.05) is 40.9 Å². The average Bonchev–Trinajstić information content (AvgIpc) is 2.69. The van der Waals surface area contributed by atoms with Gasteiger partial charge in [-0.15, -0.1) is 0 Å². The normalized spacial score (nSPS) is 16.9. The van der Waals surface area contributed by atoms with E-state index in [4.69, 9.17) is 9.47 Å². The molecule has 0 atom stereocenters. The second-order valence-electron chi connectivity index (χ2n) is 5.04. The fraction of sp³-hybridized carbons (Fsp3) is 0.625. The summed E-state index contributed by atoms with van der Waals surface area (Å²) in [7, 11) is 0. The van der Waals surface area contributed by atoms with Crippen LogP contribution in [0.4, 0.5) is 0 Å². The van der Waals surface area contributed by atoms with Crippen molar-refractivity contribution in [3.8, 4) is 11.5 Å². The van der Waals surface area contributed by atoms with Gasteiger partial charge in [-0.05, 0) is 38.7 Å². The van der Waals surface area contributed by atoms with Crippen LogP contribution in [0.2, 0.25) is 0 Å². The Balaban J connectivity index is 2.15. The van der Waals surface area contributed by atoms with Crippen LogP contribution in [0.3, 0.4) is 0 Å². The average molecular weight is 327 g/mol. The molecule has 2 rings (SSSR count). The second-order valence-corrected chi connectivity index (χ2v) is 5.60. The summed E-state index contributed by atoms with van der Waals surface area (Å²) in [4.78, 5) is 0. The highest BCUT2D eigenvalue weighted by Crippen LogP contribution is 2.35. The van der Waals surface area contributed by atoms with Gasteiger partial charge in [-0.2, -0.15) is 0 Å². The van der Waals surface area contributed by atoms with E-state index in [1.807, 2.05) is 19.1 Å². The molecule has 0 saturated heterocycles. The number of rotatable bonds is 5. The molecule has 0 amide bonds. The van der Waals surface area contributed by atoms with E-state index in [0.717, 1.165) is 16.8 Å². The Hall–Kier alpha value is -0.700. The lowest BCUT2D eigenvalue weighted by Crippen LogP contribution is -2.16. The lowest BCUT2D eigenvalue weighted by atomic mass is 10.1. The Morgan fingerprint density at radius 1 is 1.16 bits per heavy atom. The van der Waals surface area contributed by atoms with Crippen LogP contribution >= 0.6 is 15.9 Å². The van der Waals surface area contributed by atoms with Gasteiger partial charge in [-0.3, -0.25) is 0 Å². The van der Waals surface area contributed by atoms with Crippen molar-refractivity contribution in [2.75, 3.05) is 6.61 Å². The predicted octanol–water partition coefficient (Wildman–Crippen LogP) is 5.08. The van der Waals surface area contributed by atoms with Gasteiger partial charge in [0.1, 0.15) is 0 Å². The molecule has 0 heterocycles. The minimum atomic E-state index is 0.349. The van der Waals surface area contributed by atoms with Crippen LogP contribution in [-0.2, 0) is 5.33 Å². The molecule has 1 aliphatic rings. The smallest absolute Gasteiger partial charge is 0.165 e. The van der Waals surface area contributed by atoms with Gasteiger partial charge in [0, 0.05) is 10.9 Å². The van der Waals surface area contributed by atoms with E-state index in [1.54, 1.807) is 0 Å². The molecule has 1 aromatic rings. The van der Waals surface area contributed by atoms with E-state index < -0.39 is 0 Å². The maximum Gasteiger partial charge on any atom is 0.165 e. The number of alkyl halides is 1. The van der Waals surface area contributed by atoms with Crippen LogP contribution in [0, 0.1) is 0 Å². The Bertz CT molecular complexity index is 384. The van der Waals surface area contributed by atoms with Gasteiger partial charge >= 0.3 is 0 Å². The first-order valence-corrected chi connectivity index (χ1v) is 8.44. The molecule has 106 valence electrons. The Labute approximate surface area is 124 Å². The summed E-state index contributed by atoms with van der Waals surface area (Å²) in [5.74, 6) is 1.82. The molecule has 19 heavy (non-hydrogen) atoms. The third-order valence-electron chi connectivity index (χ3n) is 3.59. The standard InChI is InChI=1S/C16H23BrO2/c1-2-18-15-11-7-8-13(12-17)16(15)19-14-9-5-3-4-6-10-14/h7-8,11,14H,2-6,9-10,12H2,1H3. The zero-order valence-corrected chi connectivity index (χ0v) is 13.2. The van der Waals surface area contributed by atoms with Gasteiger partial charge in [0.25, 0.3) is 0 Å². The van der Waals surface area contributed by atoms with Crippen molar-refractivity contribution >= 4 is 15.9 Å². The number of hydrogen-bond acceptors (Lipinski definition) is 2. The Morgan fingerprint density at radius 2 is 1.89 bits per heavy atom. The SMILES string of the molecule is CCOc1cccc(CBr)c1OC1CCCCCC1. The lowest BCUT2D eigenvalue weighted by molar-refractivity contribution is 0.172. The number of para-hydroxylation sites is 1. The van der Waals surface area contributed by atoms with E-state index in [2.05, 4.69) is 22.0 Å². The molecule has 0 radical (unpaired) electrons. The number of halogens is 1. The summed E-state index contributed by atoms with van der Waals surface area (Å²) in [5, 5.41) is 0.802. The van der Waals surface area contributed by atoms with Gasteiger partial charge in [-0.25, -0.2) is 0 Å². The first-order valence-electron chi connectivity index (χ1n) is 7.32. The Morgan fingerprint density at radius 3 is 2.53 bits per heavy atom. The molecule has 0 spiro atoms. The largest absolute Gasteiger partial charge is 0.490 e. The molecule has 0 N–H and O–H groups in total. The van der Waals surface area contributed by atoms with Crippen molar-refractivity contribution in [1.82, 2.24) is 0 Å². The van der Waals surface area contributed by atoms with Crippen LogP contribution in [0.5, 0.6) is 11.5 Å². The van der Waals surface area contributed by atoms with Crippen molar-refractivity contribution in [1.29, 1.82) is 0 Å². The van der Waals surface area contributed by atoms with Gasteiger partial charge in [0.15, 0.2) is 11.5 Å². The Kier molecular flexibility index (Phi) is 6.02. The van der Waals surface area contributed by atoms with Crippen LogP contribution in [0.1, 0.15) is 51.0 Å². The van der Waals surface area contributed by atoms with E-state index >= 15 is 0 Å². The predicted molar refractivity (Wildman–Crippen MR) is 82.4 cm³/mol. The molecule has 1 aliphatic carbocycles. The highest BCUT2D eigenvalue weighted by Gasteiger charge is 2.18. The van der Waals surface area contributed by atoms with Gasteiger partial charge in [0.05, 0.1) is 12.7 Å². The van der Waals surface area contributed by atoms with E-state index in [0.29, 0.717) is 12.7 Å². The fourth-order valence-electron chi connectivity index (χ4n) is 2.60. The monoisotopic (exact) mass is 326 g/mol. The quantitative estimate of drug-likeness (QED) is 0.554. The molecule has 3 heteroatoms. The molecule has 2 nitrogen and oxygen atoms in total. The minimum absolute atomic E-state index is 0.349. The molecule has 0 aliphatic heterocycles. The number of hydrogen-bond donors (Lipinski definition) is 0. The topological polar surface area (TPSA) is 18.5 Å². The second kappa shape index (κ2) is 7.78. The molecular weight excluding hydrogens is 304 g/mol. The van der Waals surface area contributed by atoms with Crippen LogP contribution in [-0.4, -0.2) is 12.7 Å². The molecule has 0 aromatic heterocycles. The third kappa shape index (κ3) is 4.13. The van der Waals surface area contributed by atoms with E-state index in [1.165, 1.54) is 44.1 Å².